The summed E-state index contributed by atoms with van der Waals surface area (Å²) in [6.07, 6.45) is 1.81. The molecule has 0 aliphatic carbocycles. The number of fused-ring (bicyclic) bond motifs is 1. The second-order valence-electron chi connectivity index (χ2n) is 4.55. The van der Waals surface area contributed by atoms with Crippen molar-refractivity contribution in [1.29, 1.82) is 0 Å². The van der Waals surface area contributed by atoms with Gasteiger partial charge in [0.2, 0.25) is 0 Å². The van der Waals surface area contributed by atoms with Gasteiger partial charge in [-0.15, -0.1) is 10.2 Å². The molecule has 0 atom stereocenters. The van der Waals surface area contributed by atoms with Crippen molar-refractivity contribution >= 4 is 22.2 Å². The highest BCUT2D eigenvalue weighted by atomic mass is 32.1. The molecule has 0 saturated heterocycles. The Bertz CT molecular complexity index is 723. The number of nitrogens with one attached hydrogen (secondary N) is 1. The van der Waals surface area contributed by atoms with E-state index in [-0.39, 0.29) is 0 Å². The minimum absolute atomic E-state index is 0.693. The van der Waals surface area contributed by atoms with Crippen LogP contribution in [0.3, 0.4) is 0 Å². The van der Waals surface area contributed by atoms with Crippen LogP contribution in [0.5, 0.6) is 0 Å². The van der Waals surface area contributed by atoms with Crippen molar-refractivity contribution < 1.29 is 4.74 Å². The predicted molar refractivity (Wildman–Crippen MR) is 84.2 cm³/mol. The molecule has 0 spiro atoms. The lowest BCUT2D eigenvalue weighted by molar-refractivity contribution is 0.199. The summed E-state index contributed by atoms with van der Waals surface area (Å²) < 4.78 is 5.00. The maximum atomic E-state index is 5.00. The normalized spacial score (nSPS) is 11.1. The van der Waals surface area contributed by atoms with E-state index in [4.69, 9.17) is 4.74 Å². The summed E-state index contributed by atoms with van der Waals surface area (Å²) in [6, 6.07) is 10.1. The molecule has 0 saturated carbocycles. The van der Waals surface area contributed by atoms with Crippen LogP contribution >= 0.6 is 11.3 Å². The van der Waals surface area contributed by atoms with Gasteiger partial charge in [-0.25, -0.2) is 0 Å². The number of pyridine rings is 1. The first-order valence-electron chi connectivity index (χ1n) is 6.74. The molecule has 5 nitrogen and oxygen atoms in total. The highest BCUT2D eigenvalue weighted by molar-refractivity contribution is 7.14. The molecule has 2 heterocycles. The van der Waals surface area contributed by atoms with Crippen LogP contribution in [0, 0.1) is 0 Å². The fourth-order valence-electron chi connectivity index (χ4n) is 2.08. The van der Waals surface area contributed by atoms with Gasteiger partial charge >= 0.3 is 0 Å². The molecule has 0 aliphatic rings. The van der Waals surface area contributed by atoms with E-state index in [1.807, 2.05) is 18.2 Å². The number of hydrogen-bond acceptors (Lipinski definition) is 6. The van der Waals surface area contributed by atoms with Crippen LogP contribution < -0.4 is 5.32 Å². The van der Waals surface area contributed by atoms with E-state index in [2.05, 4.69) is 32.6 Å². The van der Waals surface area contributed by atoms with Crippen molar-refractivity contribution in [3.05, 3.63) is 41.5 Å². The first-order chi connectivity index (χ1) is 10.4. The largest absolute Gasteiger partial charge is 0.383 e. The van der Waals surface area contributed by atoms with Gasteiger partial charge in [-0.05, 0) is 12.1 Å². The average molecular weight is 300 g/mol. The third-order valence-electron chi connectivity index (χ3n) is 3.09. The molecular weight excluding hydrogens is 284 g/mol. The number of nitrogens with zero attached hydrogens (tertiary/aromatic N) is 3. The fraction of sp³-hybridized carbons (Fsp3) is 0.267. The first-order valence-corrected chi connectivity index (χ1v) is 7.56. The number of methoxy groups -OCH3 is 1. The molecule has 0 aliphatic heterocycles. The van der Waals surface area contributed by atoms with Gasteiger partial charge in [0.05, 0.1) is 12.1 Å². The van der Waals surface area contributed by atoms with Crippen LogP contribution in [0.15, 0.2) is 36.5 Å². The Morgan fingerprint density at radius 1 is 1.19 bits per heavy atom. The van der Waals surface area contributed by atoms with E-state index in [9.17, 15) is 0 Å². The Labute approximate surface area is 127 Å². The lowest BCUT2D eigenvalue weighted by Gasteiger charge is -2.01. The zero-order valence-electron chi connectivity index (χ0n) is 11.7. The van der Waals surface area contributed by atoms with Gasteiger partial charge in [0.1, 0.15) is 10.0 Å². The summed E-state index contributed by atoms with van der Waals surface area (Å²) in [5.74, 6) is 0. The Kier molecular flexibility index (Phi) is 4.49. The summed E-state index contributed by atoms with van der Waals surface area (Å²) in [4.78, 5) is 4.46. The second-order valence-corrected chi connectivity index (χ2v) is 5.61. The van der Waals surface area contributed by atoms with Gasteiger partial charge in [0, 0.05) is 37.3 Å². The molecule has 6 heteroatoms. The number of benzene rings is 1. The van der Waals surface area contributed by atoms with Gasteiger partial charge < -0.3 is 10.1 Å². The monoisotopic (exact) mass is 300 g/mol. The number of aromatic nitrogens is 3. The van der Waals surface area contributed by atoms with Crippen LogP contribution in [-0.2, 0) is 11.3 Å². The lowest BCUT2D eigenvalue weighted by atomic mass is 10.1. The number of ether oxygens (including phenoxy) is 1. The van der Waals surface area contributed by atoms with Gasteiger partial charge in [0.25, 0.3) is 0 Å². The van der Waals surface area contributed by atoms with E-state index in [0.717, 1.165) is 33.0 Å². The topological polar surface area (TPSA) is 59.9 Å². The third-order valence-corrected chi connectivity index (χ3v) is 4.05. The molecule has 1 aromatic carbocycles. The number of para-hydroxylation sites is 1. The van der Waals surface area contributed by atoms with Crippen molar-refractivity contribution in [1.82, 2.24) is 20.5 Å². The van der Waals surface area contributed by atoms with Gasteiger partial charge in [-0.1, -0.05) is 29.5 Å². The molecule has 108 valence electrons. The Morgan fingerprint density at radius 3 is 3.00 bits per heavy atom. The van der Waals surface area contributed by atoms with E-state index >= 15 is 0 Å². The van der Waals surface area contributed by atoms with Crippen LogP contribution in [0.25, 0.3) is 21.5 Å². The molecule has 0 radical (unpaired) electrons. The molecule has 0 fully saturated rings. The van der Waals surface area contributed by atoms with Gasteiger partial charge in [-0.3, -0.25) is 4.98 Å². The Balaban J connectivity index is 1.81. The van der Waals surface area contributed by atoms with E-state index in [1.165, 1.54) is 0 Å². The van der Waals surface area contributed by atoms with E-state index in [0.29, 0.717) is 13.2 Å². The van der Waals surface area contributed by atoms with Crippen LogP contribution in [0.1, 0.15) is 5.01 Å². The molecule has 21 heavy (non-hydrogen) atoms. The summed E-state index contributed by atoms with van der Waals surface area (Å²) in [5.41, 5.74) is 2.00. The zero-order valence-corrected chi connectivity index (χ0v) is 12.6. The maximum Gasteiger partial charge on any atom is 0.150 e. The molecule has 0 unspecified atom stereocenters. The highest BCUT2D eigenvalue weighted by Crippen LogP contribution is 2.29. The molecular formula is C15H16N4OS. The van der Waals surface area contributed by atoms with Crippen molar-refractivity contribution in [2.75, 3.05) is 20.3 Å². The van der Waals surface area contributed by atoms with Crippen molar-refractivity contribution in [2.24, 2.45) is 0 Å². The summed E-state index contributed by atoms with van der Waals surface area (Å²) in [6.45, 7) is 2.21. The quantitative estimate of drug-likeness (QED) is 0.709. The van der Waals surface area contributed by atoms with Crippen LogP contribution in [-0.4, -0.2) is 35.4 Å². The standard InChI is InChI=1S/C15H16N4OS/c1-20-9-8-16-10-13-18-19-15(21-13)12-6-2-4-11-5-3-7-17-14(11)12/h2-7,16H,8-10H2,1H3. The van der Waals surface area contributed by atoms with Crippen molar-refractivity contribution in [2.45, 2.75) is 6.54 Å². The number of hydrogen-bond donors (Lipinski definition) is 1. The van der Waals surface area contributed by atoms with Crippen molar-refractivity contribution in [3.63, 3.8) is 0 Å². The molecule has 3 rings (SSSR count). The maximum absolute atomic E-state index is 5.00. The highest BCUT2D eigenvalue weighted by Gasteiger charge is 2.10. The van der Waals surface area contributed by atoms with Crippen LogP contribution in [0.2, 0.25) is 0 Å². The zero-order chi connectivity index (χ0) is 14.5. The molecule has 0 bridgehead atoms. The summed E-state index contributed by atoms with van der Waals surface area (Å²) in [7, 11) is 1.69. The average Bonchev–Trinajstić information content (AvgIpc) is 3.00. The molecule has 2 aromatic heterocycles. The molecule has 3 aromatic rings. The fourth-order valence-corrected chi connectivity index (χ4v) is 2.92. The van der Waals surface area contributed by atoms with Crippen LogP contribution in [0.4, 0.5) is 0 Å². The Hall–Kier alpha value is -1.89. The molecule has 0 amide bonds. The SMILES string of the molecule is COCCNCc1nnc(-c2cccc3cccnc23)s1. The minimum Gasteiger partial charge on any atom is -0.383 e. The smallest absolute Gasteiger partial charge is 0.150 e. The lowest BCUT2D eigenvalue weighted by Crippen LogP contribution is -2.18. The summed E-state index contributed by atoms with van der Waals surface area (Å²) in [5, 5.41) is 14.8. The minimum atomic E-state index is 0.693. The van der Waals surface area contributed by atoms with E-state index in [1.54, 1.807) is 24.6 Å². The Morgan fingerprint density at radius 2 is 2.10 bits per heavy atom. The first kappa shape index (κ1) is 14.1. The third kappa shape index (κ3) is 3.24. The molecule has 1 N–H and O–H groups in total. The van der Waals surface area contributed by atoms with E-state index < -0.39 is 0 Å². The second kappa shape index (κ2) is 6.71. The van der Waals surface area contributed by atoms with Gasteiger partial charge in [0.15, 0.2) is 0 Å². The summed E-state index contributed by atoms with van der Waals surface area (Å²) >= 11 is 1.59. The van der Waals surface area contributed by atoms with Gasteiger partial charge in [-0.2, -0.15) is 0 Å². The van der Waals surface area contributed by atoms with Crippen molar-refractivity contribution in [3.8, 4) is 10.6 Å². The number of rotatable bonds is 6. The predicted octanol–water partition coefficient (Wildman–Crippen LogP) is 2.49.